The normalized spacial score (nSPS) is 13.5. The molecule has 0 saturated carbocycles. The second-order valence-electron chi connectivity index (χ2n) is 6.07. The zero-order chi connectivity index (χ0) is 17.2. The minimum absolute atomic E-state index is 0.136. The van der Waals surface area contributed by atoms with E-state index in [2.05, 4.69) is 0 Å². The quantitative estimate of drug-likeness (QED) is 0.726. The summed E-state index contributed by atoms with van der Waals surface area (Å²) in [6.45, 7) is 1.88. The highest BCUT2D eigenvalue weighted by Gasteiger charge is 2.40. The molecule has 0 spiro atoms. The lowest BCUT2D eigenvalue weighted by Crippen LogP contribution is -2.37. The number of rotatable bonds is 5. The van der Waals surface area contributed by atoms with Crippen LogP contribution >= 0.6 is 0 Å². The van der Waals surface area contributed by atoms with E-state index in [1.807, 2.05) is 55.5 Å². The van der Waals surface area contributed by atoms with Crippen molar-refractivity contribution in [3.63, 3.8) is 0 Å². The molecule has 3 aromatic rings. The van der Waals surface area contributed by atoms with Crippen molar-refractivity contribution in [1.82, 2.24) is 0 Å². The molecule has 0 saturated heterocycles. The number of phenols is 1. The van der Waals surface area contributed by atoms with Gasteiger partial charge < -0.3 is 10.2 Å². The topological polar surface area (TPSA) is 57.5 Å². The summed E-state index contributed by atoms with van der Waals surface area (Å²) >= 11 is 0. The van der Waals surface area contributed by atoms with Gasteiger partial charge in [0.25, 0.3) is 0 Å². The number of phenolic OH excluding ortho intramolecular Hbond substituents is 1. The maximum absolute atomic E-state index is 12.3. The van der Waals surface area contributed by atoms with Gasteiger partial charge in [-0.3, -0.25) is 4.79 Å². The molecule has 0 aliphatic carbocycles. The molecule has 3 rings (SSSR count). The van der Waals surface area contributed by atoms with Crippen molar-refractivity contribution in [1.29, 1.82) is 0 Å². The molecule has 0 heterocycles. The van der Waals surface area contributed by atoms with E-state index in [4.69, 9.17) is 0 Å². The zero-order valence-corrected chi connectivity index (χ0v) is 13.6. The largest absolute Gasteiger partial charge is 0.508 e. The van der Waals surface area contributed by atoms with Crippen molar-refractivity contribution in [2.45, 2.75) is 25.2 Å². The van der Waals surface area contributed by atoms with Crippen LogP contribution in [0.3, 0.4) is 0 Å². The lowest BCUT2D eigenvalue weighted by molar-refractivity contribution is -0.144. The van der Waals surface area contributed by atoms with Crippen molar-refractivity contribution in [2.75, 3.05) is 0 Å². The Bertz CT molecular complexity index is 880. The number of para-hydroxylation sites is 1. The molecule has 24 heavy (non-hydrogen) atoms. The second-order valence-corrected chi connectivity index (χ2v) is 6.07. The van der Waals surface area contributed by atoms with Gasteiger partial charge in [0.15, 0.2) is 0 Å². The molecule has 1 atom stereocenters. The van der Waals surface area contributed by atoms with Crippen LogP contribution in [0.1, 0.15) is 24.5 Å². The highest BCUT2D eigenvalue weighted by atomic mass is 16.4. The summed E-state index contributed by atoms with van der Waals surface area (Å²) in [6.07, 6.45) is 0.685. The number of aliphatic carboxylic acids is 1. The Morgan fingerprint density at radius 3 is 2.33 bits per heavy atom. The summed E-state index contributed by atoms with van der Waals surface area (Å²) in [6, 6.07) is 20.5. The molecule has 1 unspecified atom stereocenters. The number of fused-ring (bicyclic) bond motifs is 1. The molecule has 2 N–H and O–H groups in total. The molecule has 3 nitrogen and oxygen atoms in total. The Hall–Kier alpha value is -2.81. The van der Waals surface area contributed by atoms with E-state index in [0.717, 1.165) is 16.3 Å². The van der Waals surface area contributed by atoms with Gasteiger partial charge in [-0.05, 0) is 40.8 Å². The van der Waals surface area contributed by atoms with Gasteiger partial charge in [-0.15, -0.1) is 0 Å². The fourth-order valence-corrected chi connectivity index (χ4v) is 3.38. The number of carboxylic acid groups (broad SMARTS) is 1. The van der Waals surface area contributed by atoms with Gasteiger partial charge in [-0.1, -0.05) is 67.6 Å². The first-order chi connectivity index (χ1) is 11.6. The van der Waals surface area contributed by atoms with Crippen LogP contribution in [0.5, 0.6) is 5.75 Å². The van der Waals surface area contributed by atoms with Gasteiger partial charge in [0.05, 0.1) is 5.41 Å². The molecule has 3 heteroatoms. The van der Waals surface area contributed by atoms with Crippen LogP contribution in [-0.2, 0) is 16.6 Å². The third kappa shape index (κ3) is 2.62. The van der Waals surface area contributed by atoms with E-state index in [9.17, 15) is 15.0 Å². The molecular weight excluding hydrogens is 300 g/mol. The van der Waals surface area contributed by atoms with E-state index in [-0.39, 0.29) is 12.2 Å². The first kappa shape index (κ1) is 16.1. The Morgan fingerprint density at radius 2 is 1.62 bits per heavy atom. The smallest absolute Gasteiger partial charge is 0.314 e. The van der Waals surface area contributed by atoms with Crippen molar-refractivity contribution >= 4 is 16.7 Å². The summed E-state index contributed by atoms with van der Waals surface area (Å²) in [4.78, 5) is 12.3. The van der Waals surface area contributed by atoms with Gasteiger partial charge in [0.1, 0.15) is 5.75 Å². The lowest BCUT2D eigenvalue weighted by Gasteiger charge is -2.30. The number of aromatic hydroxyl groups is 1. The average Bonchev–Trinajstić information content (AvgIpc) is 2.60. The summed E-state index contributed by atoms with van der Waals surface area (Å²) in [5, 5.41) is 22.2. The van der Waals surface area contributed by atoms with E-state index in [0.29, 0.717) is 12.0 Å². The Labute approximate surface area is 141 Å². The van der Waals surface area contributed by atoms with Gasteiger partial charge in [0.2, 0.25) is 0 Å². The molecule has 3 aromatic carbocycles. The van der Waals surface area contributed by atoms with Crippen LogP contribution in [0, 0.1) is 0 Å². The van der Waals surface area contributed by atoms with E-state index < -0.39 is 11.4 Å². The van der Waals surface area contributed by atoms with Gasteiger partial charge >= 0.3 is 5.97 Å². The van der Waals surface area contributed by atoms with E-state index in [1.54, 1.807) is 18.2 Å². The fourth-order valence-electron chi connectivity index (χ4n) is 3.38. The van der Waals surface area contributed by atoms with Crippen molar-refractivity contribution < 1.29 is 15.0 Å². The molecular formula is C21H20O3. The number of hydrogen-bond acceptors (Lipinski definition) is 2. The van der Waals surface area contributed by atoms with Gasteiger partial charge in [-0.25, -0.2) is 0 Å². The Morgan fingerprint density at radius 1 is 0.958 bits per heavy atom. The summed E-state index contributed by atoms with van der Waals surface area (Å²) in [7, 11) is 0. The highest BCUT2D eigenvalue weighted by Crippen LogP contribution is 2.38. The molecule has 122 valence electrons. The van der Waals surface area contributed by atoms with Crippen molar-refractivity contribution in [3.05, 3.63) is 77.9 Å². The van der Waals surface area contributed by atoms with Crippen molar-refractivity contribution in [3.8, 4) is 5.75 Å². The van der Waals surface area contributed by atoms with Crippen LogP contribution in [0.25, 0.3) is 10.8 Å². The van der Waals surface area contributed by atoms with Gasteiger partial charge in [0, 0.05) is 0 Å². The van der Waals surface area contributed by atoms with E-state index >= 15 is 0 Å². The van der Waals surface area contributed by atoms with Crippen LogP contribution in [0.2, 0.25) is 0 Å². The molecule has 0 fully saturated rings. The summed E-state index contributed by atoms with van der Waals surface area (Å²) < 4.78 is 0. The Kier molecular flexibility index (Phi) is 4.26. The van der Waals surface area contributed by atoms with Crippen LogP contribution < -0.4 is 0 Å². The summed E-state index contributed by atoms with van der Waals surface area (Å²) in [5.74, 6) is -0.735. The predicted molar refractivity (Wildman–Crippen MR) is 95.4 cm³/mol. The van der Waals surface area contributed by atoms with E-state index in [1.165, 1.54) is 0 Å². The molecule has 0 aliphatic rings. The highest BCUT2D eigenvalue weighted by molar-refractivity contribution is 5.93. The van der Waals surface area contributed by atoms with Crippen LogP contribution in [0.4, 0.5) is 0 Å². The monoisotopic (exact) mass is 320 g/mol. The number of hydrogen-bond donors (Lipinski definition) is 2. The first-order valence-corrected chi connectivity index (χ1v) is 8.07. The number of carboxylic acids is 1. The predicted octanol–water partition coefficient (Wildman–Crippen LogP) is 4.52. The molecule has 0 radical (unpaired) electrons. The zero-order valence-electron chi connectivity index (χ0n) is 13.6. The van der Waals surface area contributed by atoms with Crippen LogP contribution in [0.15, 0.2) is 66.7 Å². The molecule has 0 amide bonds. The molecule has 0 bridgehead atoms. The second kappa shape index (κ2) is 6.36. The third-order valence-electron chi connectivity index (χ3n) is 4.80. The van der Waals surface area contributed by atoms with Gasteiger partial charge in [-0.2, -0.15) is 0 Å². The Balaban J connectivity index is 2.22. The average molecular weight is 320 g/mol. The first-order valence-electron chi connectivity index (χ1n) is 8.07. The SMILES string of the molecule is CCC(Cc1ccccc1O)(C(=O)O)c1cccc2ccccc12. The van der Waals surface area contributed by atoms with Crippen molar-refractivity contribution in [2.24, 2.45) is 0 Å². The summed E-state index contributed by atoms with van der Waals surface area (Å²) in [5.41, 5.74) is 0.355. The molecule has 0 aliphatic heterocycles. The maximum atomic E-state index is 12.3. The minimum Gasteiger partial charge on any atom is -0.508 e. The third-order valence-corrected chi connectivity index (χ3v) is 4.80. The number of carbonyl (C=O) groups is 1. The number of benzene rings is 3. The van der Waals surface area contributed by atoms with Crippen LogP contribution in [-0.4, -0.2) is 16.2 Å². The lowest BCUT2D eigenvalue weighted by atomic mass is 9.72. The molecule has 0 aromatic heterocycles. The minimum atomic E-state index is -1.08. The standard InChI is InChI=1S/C21H20O3/c1-2-21(20(23)24,14-16-9-4-6-13-19(16)22)18-12-7-10-15-8-3-5-11-17(15)18/h3-13,22H,2,14H2,1H3,(H,23,24). The maximum Gasteiger partial charge on any atom is 0.314 e. The fraction of sp³-hybridized carbons (Fsp3) is 0.190.